The Morgan fingerprint density at radius 1 is 1.19 bits per heavy atom. The maximum absolute atomic E-state index is 13.0. The number of anilines is 2. The number of benzene rings is 2. The Labute approximate surface area is 192 Å². The van der Waals surface area contributed by atoms with Crippen LogP contribution >= 0.6 is 11.6 Å². The van der Waals surface area contributed by atoms with Crippen molar-refractivity contribution in [1.82, 2.24) is 14.7 Å². The number of hydrogen-bond donors (Lipinski definition) is 1. The SMILES string of the molecule is CC(=O)N(Cc1nn(C)c2c1CN(C(=O)Nc1cc(Cl)ccc1C)CC2)c1ccccc1. The Hall–Kier alpha value is -3.32. The molecule has 3 amide bonds. The van der Waals surface area contributed by atoms with Gasteiger partial charge in [-0.25, -0.2) is 4.79 Å². The molecule has 0 saturated heterocycles. The van der Waals surface area contributed by atoms with Crippen LogP contribution < -0.4 is 10.2 Å². The van der Waals surface area contributed by atoms with Crippen LogP contribution in [0.25, 0.3) is 0 Å². The fraction of sp³-hybridized carbons (Fsp3) is 0.292. The number of urea groups is 1. The van der Waals surface area contributed by atoms with E-state index in [0.29, 0.717) is 36.8 Å². The molecule has 4 rings (SSSR count). The Morgan fingerprint density at radius 2 is 1.94 bits per heavy atom. The molecule has 0 aliphatic carbocycles. The molecule has 1 aromatic heterocycles. The maximum atomic E-state index is 13.0. The molecule has 0 saturated carbocycles. The molecular weight excluding hydrogens is 426 g/mol. The van der Waals surface area contributed by atoms with Crippen molar-refractivity contribution in [2.45, 2.75) is 33.4 Å². The minimum absolute atomic E-state index is 0.0579. The van der Waals surface area contributed by atoms with Gasteiger partial charge >= 0.3 is 6.03 Å². The molecule has 3 aromatic rings. The van der Waals surface area contributed by atoms with Gasteiger partial charge in [-0.2, -0.15) is 5.10 Å². The van der Waals surface area contributed by atoms with Crippen molar-refractivity contribution in [2.24, 2.45) is 7.05 Å². The van der Waals surface area contributed by atoms with Gasteiger partial charge in [-0.15, -0.1) is 0 Å². The lowest BCUT2D eigenvalue weighted by molar-refractivity contribution is -0.116. The van der Waals surface area contributed by atoms with E-state index in [9.17, 15) is 9.59 Å². The van der Waals surface area contributed by atoms with Crippen molar-refractivity contribution in [3.63, 3.8) is 0 Å². The van der Waals surface area contributed by atoms with E-state index in [1.54, 1.807) is 28.9 Å². The molecule has 0 bridgehead atoms. The van der Waals surface area contributed by atoms with E-state index in [0.717, 1.165) is 28.2 Å². The van der Waals surface area contributed by atoms with Gasteiger partial charge in [0.1, 0.15) is 0 Å². The van der Waals surface area contributed by atoms with Crippen molar-refractivity contribution in [1.29, 1.82) is 0 Å². The fourth-order valence-electron chi connectivity index (χ4n) is 4.04. The van der Waals surface area contributed by atoms with Crippen molar-refractivity contribution < 1.29 is 9.59 Å². The zero-order valence-electron chi connectivity index (χ0n) is 18.4. The smallest absolute Gasteiger partial charge is 0.320 e. The molecule has 2 heterocycles. The second-order valence-corrected chi connectivity index (χ2v) is 8.43. The van der Waals surface area contributed by atoms with Gasteiger partial charge < -0.3 is 15.1 Å². The van der Waals surface area contributed by atoms with Crippen LogP contribution in [0, 0.1) is 6.92 Å². The third-order valence-electron chi connectivity index (χ3n) is 5.81. The molecular formula is C24H26ClN5O2. The summed E-state index contributed by atoms with van der Waals surface area (Å²) in [6.07, 6.45) is 0.701. The highest BCUT2D eigenvalue weighted by Gasteiger charge is 2.28. The van der Waals surface area contributed by atoms with Crippen LogP contribution in [0.1, 0.15) is 29.4 Å². The first-order valence-corrected chi connectivity index (χ1v) is 10.9. The highest BCUT2D eigenvalue weighted by molar-refractivity contribution is 6.31. The number of halogens is 1. The van der Waals surface area contributed by atoms with Crippen molar-refractivity contribution in [3.8, 4) is 0 Å². The number of rotatable bonds is 4. The van der Waals surface area contributed by atoms with Crippen LogP contribution in [-0.4, -0.2) is 33.2 Å². The van der Waals surface area contributed by atoms with E-state index in [4.69, 9.17) is 16.7 Å². The molecule has 7 nitrogen and oxygen atoms in total. The summed E-state index contributed by atoms with van der Waals surface area (Å²) in [6, 6.07) is 14.8. The third kappa shape index (κ3) is 4.48. The fourth-order valence-corrected chi connectivity index (χ4v) is 4.21. The number of amides is 3. The van der Waals surface area contributed by atoms with Gasteiger partial charge in [0.2, 0.25) is 5.91 Å². The van der Waals surface area contributed by atoms with E-state index in [1.807, 2.05) is 55.1 Å². The van der Waals surface area contributed by atoms with Gasteiger partial charge in [-0.3, -0.25) is 9.48 Å². The lowest BCUT2D eigenvalue weighted by Crippen LogP contribution is -2.39. The molecule has 1 aliphatic heterocycles. The Balaban J connectivity index is 1.56. The van der Waals surface area contributed by atoms with Crippen LogP contribution in [0.2, 0.25) is 5.02 Å². The number of carbonyl (C=O) groups excluding carboxylic acids is 2. The van der Waals surface area contributed by atoms with E-state index >= 15 is 0 Å². The van der Waals surface area contributed by atoms with Crippen LogP contribution in [0.4, 0.5) is 16.2 Å². The second kappa shape index (κ2) is 9.04. The first kappa shape index (κ1) is 21.9. The number of para-hydroxylation sites is 1. The highest BCUT2D eigenvalue weighted by Crippen LogP contribution is 2.27. The number of hydrogen-bond acceptors (Lipinski definition) is 3. The Bertz CT molecular complexity index is 1160. The summed E-state index contributed by atoms with van der Waals surface area (Å²) < 4.78 is 1.87. The summed E-state index contributed by atoms with van der Waals surface area (Å²) in [5, 5.41) is 8.24. The quantitative estimate of drug-likeness (QED) is 0.633. The Morgan fingerprint density at radius 3 is 2.66 bits per heavy atom. The number of nitrogens with one attached hydrogen (secondary N) is 1. The minimum Gasteiger partial charge on any atom is -0.320 e. The topological polar surface area (TPSA) is 70.5 Å². The first-order valence-electron chi connectivity index (χ1n) is 10.5. The first-order chi connectivity index (χ1) is 15.3. The minimum atomic E-state index is -0.178. The second-order valence-electron chi connectivity index (χ2n) is 8.00. The van der Waals surface area contributed by atoms with Crippen LogP contribution in [0.5, 0.6) is 0 Å². The average Bonchev–Trinajstić information content (AvgIpc) is 3.09. The number of fused-ring (bicyclic) bond motifs is 1. The molecule has 32 heavy (non-hydrogen) atoms. The molecule has 0 fully saturated rings. The number of aryl methyl sites for hydroxylation is 2. The van der Waals surface area contributed by atoms with E-state index in [2.05, 4.69) is 5.32 Å². The predicted molar refractivity (Wildman–Crippen MR) is 126 cm³/mol. The van der Waals surface area contributed by atoms with Gasteiger partial charge in [0.05, 0.1) is 18.8 Å². The van der Waals surface area contributed by atoms with E-state index < -0.39 is 0 Å². The van der Waals surface area contributed by atoms with Crippen molar-refractivity contribution in [3.05, 3.63) is 76.1 Å². The summed E-state index contributed by atoms with van der Waals surface area (Å²) in [5.74, 6) is -0.0579. The molecule has 0 unspecified atom stereocenters. The summed E-state index contributed by atoms with van der Waals surface area (Å²) in [7, 11) is 1.91. The average molecular weight is 452 g/mol. The molecule has 0 spiro atoms. The van der Waals surface area contributed by atoms with Gasteiger partial charge in [-0.1, -0.05) is 35.9 Å². The van der Waals surface area contributed by atoms with Gasteiger partial charge in [0.15, 0.2) is 0 Å². The lowest BCUT2D eigenvalue weighted by Gasteiger charge is -2.29. The zero-order chi connectivity index (χ0) is 22.8. The standard InChI is InChI=1S/C24H26ClN5O2/c1-16-9-10-18(25)13-21(16)26-24(32)29-12-11-23-20(14-29)22(27-28(23)3)15-30(17(2)31)19-7-5-4-6-8-19/h4-10,13H,11-12,14-15H2,1-3H3,(H,26,32). The molecule has 1 N–H and O–H groups in total. The Kier molecular flexibility index (Phi) is 6.19. The summed E-state index contributed by atoms with van der Waals surface area (Å²) in [5.41, 5.74) is 5.37. The van der Waals surface area contributed by atoms with Gasteiger partial charge in [0.25, 0.3) is 0 Å². The van der Waals surface area contributed by atoms with Crippen molar-refractivity contribution >= 4 is 34.9 Å². The van der Waals surface area contributed by atoms with E-state index in [1.165, 1.54) is 0 Å². The molecule has 0 radical (unpaired) electrons. The largest absolute Gasteiger partial charge is 0.322 e. The molecule has 2 aromatic carbocycles. The van der Waals surface area contributed by atoms with E-state index in [-0.39, 0.29) is 11.9 Å². The summed E-state index contributed by atoms with van der Waals surface area (Å²) in [4.78, 5) is 28.8. The molecule has 8 heteroatoms. The lowest BCUT2D eigenvalue weighted by atomic mass is 10.0. The normalized spacial score (nSPS) is 12.9. The number of carbonyl (C=O) groups is 2. The van der Waals surface area contributed by atoms with Gasteiger partial charge in [0, 0.05) is 54.6 Å². The maximum Gasteiger partial charge on any atom is 0.322 e. The predicted octanol–water partition coefficient (Wildman–Crippen LogP) is 4.53. The van der Waals surface area contributed by atoms with Crippen LogP contribution in [0.3, 0.4) is 0 Å². The third-order valence-corrected chi connectivity index (χ3v) is 6.04. The van der Waals surface area contributed by atoms with Gasteiger partial charge in [-0.05, 0) is 36.8 Å². The zero-order valence-corrected chi connectivity index (χ0v) is 19.2. The monoisotopic (exact) mass is 451 g/mol. The van der Waals surface area contributed by atoms with Crippen molar-refractivity contribution in [2.75, 3.05) is 16.8 Å². The number of nitrogens with zero attached hydrogens (tertiary/aromatic N) is 4. The summed E-state index contributed by atoms with van der Waals surface area (Å²) >= 11 is 6.09. The molecule has 166 valence electrons. The van der Waals surface area contributed by atoms with Crippen LogP contribution in [-0.2, 0) is 31.4 Å². The van der Waals surface area contributed by atoms with Crippen LogP contribution in [0.15, 0.2) is 48.5 Å². The number of aromatic nitrogens is 2. The summed E-state index contributed by atoms with van der Waals surface area (Å²) in [6.45, 7) is 4.86. The molecule has 1 aliphatic rings. The highest BCUT2D eigenvalue weighted by atomic mass is 35.5. The molecule has 0 atom stereocenters.